The highest BCUT2D eigenvalue weighted by atomic mass is 32.2. The molecule has 0 aliphatic carbocycles. The van der Waals surface area contributed by atoms with Crippen LogP contribution in [0.4, 0.5) is 0 Å². The highest BCUT2D eigenvalue weighted by Crippen LogP contribution is 2.14. The van der Waals surface area contributed by atoms with Gasteiger partial charge in [-0.2, -0.15) is 20.0 Å². The summed E-state index contributed by atoms with van der Waals surface area (Å²) in [5.74, 6) is 0.705. The van der Waals surface area contributed by atoms with Crippen molar-refractivity contribution in [1.29, 1.82) is 5.26 Å². The van der Waals surface area contributed by atoms with Crippen molar-refractivity contribution in [3.8, 4) is 6.07 Å². The molecule has 3 aromatic rings. The molecule has 22 heavy (non-hydrogen) atoms. The summed E-state index contributed by atoms with van der Waals surface area (Å²) in [6, 6.07) is 3.99. The van der Waals surface area contributed by atoms with E-state index in [4.69, 9.17) is 5.26 Å². The van der Waals surface area contributed by atoms with Gasteiger partial charge in [0.15, 0.2) is 10.8 Å². The van der Waals surface area contributed by atoms with Crippen LogP contribution < -0.4 is 5.69 Å². The molecule has 0 bridgehead atoms. The van der Waals surface area contributed by atoms with E-state index in [0.717, 1.165) is 15.9 Å². The van der Waals surface area contributed by atoms with Crippen LogP contribution in [0.2, 0.25) is 0 Å². The van der Waals surface area contributed by atoms with Gasteiger partial charge < -0.3 is 0 Å². The van der Waals surface area contributed by atoms with Gasteiger partial charge in [0.1, 0.15) is 11.6 Å². The number of aromatic amines is 1. The molecule has 3 rings (SSSR count). The summed E-state index contributed by atoms with van der Waals surface area (Å²) >= 11 is 1.41. The van der Waals surface area contributed by atoms with Crippen LogP contribution in [0.15, 0.2) is 22.2 Å². The third-order valence-electron chi connectivity index (χ3n) is 3.12. The smallest absolute Gasteiger partial charge is 0.285 e. The third-order valence-corrected chi connectivity index (χ3v) is 3.98. The number of H-pyrrole nitrogens is 1. The molecule has 3 heterocycles. The molecule has 0 fully saturated rings. The van der Waals surface area contributed by atoms with Gasteiger partial charge in [0.05, 0.1) is 18.4 Å². The van der Waals surface area contributed by atoms with Gasteiger partial charge >= 0.3 is 5.69 Å². The number of aromatic nitrogens is 6. The Morgan fingerprint density at radius 1 is 1.45 bits per heavy atom. The Labute approximate surface area is 129 Å². The summed E-state index contributed by atoms with van der Waals surface area (Å²) < 4.78 is 3.00. The second-order valence-electron chi connectivity index (χ2n) is 4.75. The SMILES string of the molecule is Cc1cc(C)n(CCSc2nc3c(C#N)cnn3c(=O)[nH]2)n1. The third kappa shape index (κ3) is 2.60. The Morgan fingerprint density at radius 3 is 2.95 bits per heavy atom. The zero-order valence-electron chi connectivity index (χ0n) is 12.1. The quantitative estimate of drug-likeness (QED) is 0.717. The molecule has 0 aliphatic heterocycles. The second kappa shape index (κ2) is 5.65. The van der Waals surface area contributed by atoms with Crippen molar-refractivity contribution in [2.24, 2.45) is 0 Å². The fourth-order valence-electron chi connectivity index (χ4n) is 2.14. The van der Waals surface area contributed by atoms with Crippen molar-refractivity contribution >= 4 is 17.4 Å². The molecule has 0 amide bonds. The first kappa shape index (κ1) is 14.3. The topological polar surface area (TPSA) is 105 Å². The zero-order chi connectivity index (χ0) is 15.7. The van der Waals surface area contributed by atoms with E-state index < -0.39 is 5.69 Å². The standard InChI is InChI=1S/C13H13N7OS/c1-8-5-9(2)19(18-8)3-4-22-12-16-11-10(6-14)7-15-20(11)13(21)17-12/h5,7H,3-4H2,1-2H3,(H,16,17,21). The highest BCUT2D eigenvalue weighted by Gasteiger charge is 2.10. The van der Waals surface area contributed by atoms with Gasteiger partial charge in [-0.1, -0.05) is 11.8 Å². The lowest BCUT2D eigenvalue weighted by Gasteiger charge is -2.04. The maximum absolute atomic E-state index is 11.9. The van der Waals surface area contributed by atoms with Crippen molar-refractivity contribution in [1.82, 2.24) is 29.4 Å². The van der Waals surface area contributed by atoms with Gasteiger partial charge in [-0.05, 0) is 19.9 Å². The summed E-state index contributed by atoms with van der Waals surface area (Å²) in [5.41, 5.74) is 2.23. The predicted molar refractivity (Wildman–Crippen MR) is 80.7 cm³/mol. The molecule has 0 radical (unpaired) electrons. The Hall–Kier alpha value is -2.60. The van der Waals surface area contributed by atoms with E-state index in [0.29, 0.717) is 17.5 Å². The fourth-order valence-corrected chi connectivity index (χ4v) is 2.91. The number of nitrogens with zero attached hydrogens (tertiary/aromatic N) is 6. The number of fused-ring (bicyclic) bond motifs is 1. The van der Waals surface area contributed by atoms with Crippen LogP contribution in [0.25, 0.3) is 5.65 Å². The molecule has 0 aromatic carbocycles. The van der Waals surface area contributed by atoms with E-state index in [1.54, 1.807) is 0 Å². The van der Waals surface area contributed by atoms with Gasteiger partial charge in [-0.15, -0.1) is 0 Å². The number of hydrogen-bond acceptors (Lipinski definition) is 6. The van der Waals surface area contributed by atoms with Gasteiger partial charge in [-0.3, -0.25) is 9.67 Å². The maximum atomic E-state index is 11.9. The van der Waals surface area contributed by atoms with Crippen LogP contribution in [-0.2, 0) is 6.54 Å². The minimum Gasteiger partial charge on any atom is -0.285 e. The number of nitriles is 1. The predicted octanol–water partition coefficient (Wildman–Crippen LogP) is 0.895. The number of aryl methyl sites for hydroxylation is 3. The molecule has 0 unspecified atom stereocenters. The van der Waals surface area contributed by atoms with Crippen molar-refractivity contribution in [3.05, 3.63) is 39.7 Å². The van der Waals surface area contributed by atoms with Crippen LogP contribution in [0.1, 0.15) is 17.0 Å². The minimum atomic E-state index is -0.403. The van der Waals surface area contributed by atoms with Crippen molar-refractivity contribution in [2.75, 3.05) is 5.75 Å². The summed E-state index contributed by atoms with van der Waals surface area (Å²) in [6.45, 7) is 4.67. The summed E-state index contributed by atoms with van der Waals surface area (Å²) in [7, 11) is 0. The lowest BCUT2D eigenvalue weighted by atomic mass is 10.4. The highest BCUT2D eigenvalue weighted by molar-refractivity contribution is 7.99. The Kier molecular flexibility index (Phi) is 3.68. The van der Waals surface area contributed by atoms with Crippen LogP contribution in [-0.4, -0.2) is 35.1 Å². The fraction of sp³-hybridized carbons (Fsp3) is 0.308. The molecule has 1 N–H and O–H groups in total. The van der Waals surface area contributed by atoms with Crippen LogP contribution in [0.5, 0.6) is 0 Å². The number of nitrogens with one attached hydrogen (secondary N) is 1. The van der Waals surface area contributed by atoms with E-state index in [9.17, 15) is 4.79 Å². The van der Waals surface area contributed by atoms with Crippen molar-refractivity contribution in [3.63, 3.8) is 0 Å². The molecule has 3 aromatic heterocycles. The molecule has 0 aliphatic rings. The molecule has 112 valence electrons. The lowest BCUT2D eigenvalue weighted by molar-refractivity contribution is 0.639. The van der Waals surface area contributed by atoms with Gasteiger partial charge in [0.2, 0.25) is 0 Å². The number of rotatable bonds is 4. The average molecular weight is 315 g/mol. The zero-order valence-corrected chi connectivity index (χ0v) is 12.9. The number of thioether (sulfide) groups is 1. The molecule has 0 saturated heterocycles. The summed E-state index contributed by atoms with van der Waals surface area (Å²) in [4.78, 5) is 18.8. The minimum absolute atomic E-state index is 0.278. The van der Waals surface area contributed by atoms with Gasteiger partial charge in [0.25, 0.3) is 0 Å². The van der Waals surface area contributed by atoms with Gasteiger partial charge in [-0.25, -0.2) is 9.78 Å². The summed E-state index contributed by atoms with van der Waals surface area (Å²) in [5, 5.41) is 17.7. The Morgan fingerprint density at radius 2 is 2.27 bits per heavy atom. The first-order valence-electron chi connectivity index (χ1n) is 6.60. The molecule has 0 spiro atoms. The average Bonchev–Trinajstić information content (AvgIpc) is 3.02. The maximum Gasteiger partial charge on any atom is 0.350 e. The van der Waals surface area contributed by atoms with Crippen LogP contribution in [0, 0.1) is 25.2 Å². The molecular weight excluding hydrogens is 302 g/mol. The van der Waals surface area contributed by atoms with Crippen molar-refractivity contribution in [2.45, 2.75) is 25.5 Å². The first-order valence-corrected chi connectivity index (χ1v) is 7.59. The Bertz CT molecular complexity index is 930. The normalized spacial score (nSPS) is 11.0. The monoisotopic (exact) mass is 315 g/mol. The van der Waals surface area contributed by atoms with Gasteiger partial charge in [0, 0.05) is 11.4 Å². The molecule has 8 nitrogen and oxygen atoms in total. The van der Waals surface area contributed by atoms with Crippen LogP contribution in [0.3, 0.4) is 0 Å². The second-order valence-corrected chi connectivity index (χ2v) is 5.83. The largest absolute Gasteiger partial charge is 0.350 e. The van der Waals surface area contributed by atoms with Crippen LogP contribution >= 0.6 is 11.8 Å². The van der Waals surface area contributed by atoms with E-state index in [-0.39, 0.29) is 11.2 Å². The Balaban J connectivity index is 1.78. The molecule has 9 heteroatoms. The van der Waals surface area contributed by atoms with E-state index in [1.165, 1.54) is 18.0 Å². The van der Waals surface area contributed by atoms with Crippen molar-refractivity contribution < 1.29 is 0 Å². The summed E-state index contributed by atoms with van der Waals surface area (Å²) in [6.07, 6.45) is 1.34. The van der Waals surface area contributed by atoms with E-state index in [1.807, 2.05) is 30.7 Å². The molecular formula is C13H13N7OS. The molecule has 0 saturated carbocycles. The molecule has 0 atom stereocenters. The van der Waals surface area contributed by atoms with E-state index >= 15 is 0 Å². The number of hydrogen-bond donors (Lipinski definition) is 1. The lowest BCUT2D eigenvalue weighted by Crippen LogP contribution is -2.19. The van der Waals surface area contributed by atoms with E-state index in [2.05, 4.69) is 20.2 Å². The first-order chi connectivity index (χ1) is 10.6.